The first-order valence-electron chi connectivity index (χ1n) is 5.17. The van der Waals surface area contributed by atoms with Gasteiger partial charge in [-0.05, 0) is 20.8 Å². The first-order valence-corrected chi connectivity index (χ1v) is 5.17. The minimum absolute atomic E-state index is 0.170. The Morgan fingerprint density at radius 3 is 2.25 bits per heavy atom. The largest absolute Gasteiger partial charge is 0.444 e. The molecule has 0 unspecified atom stereocenters. The zero-order valence-corrected chi connectivity index (χ0v) is 9.34. The van der Waals surface area contributed by atoms with Crippen LogP contribution in [0.3, 0.4) is 0 Å². The summed E-state index contributed by atoms with van der Waals surface area (Å²) < 4.78 is 42.2. The minimum Gasteiger partial charge on any atom is -0.444 e. The highest BCUT2D eigenvalue weighted by Gasteiger charge is 2.74. The van der Waals surface area contributed by atoms with Crippen LogP contribution in [0.5, 0.6) is 0 Å². The van der Waals surface area contributed by atoms with Gasteiger partial charge >= 0.3 is 12.3 Å². The molecule has 1 aliphatic heterocycles. The van der Waals surface area contributed by atoms with Crippen molar-refractivity contribution in [3.8, 4) is 0 Å². The van der Waals surface area contributed by atoms with Gasteiger partial charge in [0.1, 0.15) is 5.60 Å². The van der Waals surface area contributed by atoms with Crippen LogP contribution in [0.4, 0.5) is 18.0 Å². The molecule has 0 aromatic rings. The summed E-state index contributed by atoms with van der Waals surface area (Å²) in [6.45, 7) is 5.24. The van der Waals surface area contributed by atoms with E-state index < -0.39 is 35.7 Å². The van der Waals surface area contributed by atoms with Gasteiger partial charge in [-0.25, -0.2) is 4.79 Å². The van der Waals surface area contributed by atoms with E-state index in [0.29, 0.717) is 0 Å². The Bertz CT molecular complexity index is 321. The van der Waals surface area contributed by atoms with Crippen molar-refractivity contribution >= 4 is 6.09 Å². The molecular weight excluding hydrogens is 223 g/mol. The van der Waals surface area contributed by atoms with E-state index in [1.807, 2.05) is 0 Å². The normalized spacial score (nSPS) is 32.9. The SMILES string of the molecule is CC(C)(C)OC(=O)N1C[C@@H]2[C@H]1[C@H]2C(F)(F)F. The van der Waals surface area contributed by atoms with E-state index in [-0.39, 0.29) is 6.54 Å². The van der Waals surface area contributed by atoms with Gasteiger partial charge in [-0.3, -0.25) is 0 Å². The van der Waals surface area contributed by atoms with Crippen LogP contribution in [0.1, 0.15) is 20.8 Å². The molecule has 16 heavy (non-hydrogen) atoms. The van der Waals surface area contributed by atoms with Crippen LogP contribution in [-0.2, 0) is 4.74 Å². The molecule has 0 spiro atoms. The topological polar surface area (TPSA) is 29.5 Å². The molecular formula is C10H14F3NO2. The molecule has 0 radical (unpaired) electrons. The van der Waals surface area contributed by atoms with Gasteiger partial charge < -0.3 is 9.64 Å². The number of ether oxygens (including phenoxy) is 1. The molecule has 0 N–H and O–H groups in total. The number of carbonyl (C=O) groups excluding carboxylic acids is 1. The third kappa shape index (κ3) is 1.85. The fraction of sp³-hybridized carbons (Fsp3) is 0.900. The Balaban J connectivity index is 1.91. The number of nitrogens with zero attached hydrogens (tertiary/aromatic N) is 1. The molecule has 0 aromatic heterocycles. The van der Waals surface area contributed by atoms with E-state index >= 15 is 0 Å². The number of fused-ring (bicyclic) bond motifs is 1. The zero-order chi connectivity index (χ0) is 12.3. The molecule has 92 valence electrons. The van der Waals surface area contributed by atoms with Gasteiger partial charge in [0.15, 0.2) is 0 Å². The van der Waals surface area contributed by atoms with Crippen molar-refractivity contribution in [3.63, 3.8) is 0 Å². The number of amides is 1. The summed E-state index contributed by atoms with van der Waals surface area (Å²) >= 11 is 0. The summed E-state index contributed by atoms with van der Waals surface area (Å²) in [6.07, 6.45) is -4.83. The molecule has 3 atom stereocenters. The second-order valence-corrected chi connectivity index (χ2v) is 5.35. The summed E-state index contributed by atoms with van der Waals surface area (Å²) in [5, 5.41) is 0. The van der Waals surface area contributed by atoms with Gasteiger partial charge in [-0.15, -0.1) is 0 Å². The van der Waals surface area contributed by atoms with Gasteiger partial charge in [-0.1, -0.05) is 0 Å². The molecule has 2 rings (SSSR count). The Morgan fingerprint density at radius 1 is 1.31 bits per heavy atom. The first-order chi connectivity index (χ1) is 7.11. The fourth-order valence-electron chi connectivity index (χ4n) is 2.17. The molecule has 0 aromatic carbocycles. The molecule has 1 amide bonds. The number of rotatable bonds is 0. The van der Waals surface area contributed by atoms with Gasteiger partial charge in [0, 0.05) is 12.5 Å². The van der Waals surface area contributed by atoms with Crippen LogP contribution in [0, 0.1) is 11.8 Å². The van der Waals surface area contributed by atoms with Crippen LogP contribution in [-0.4, -0.2) is 35.4 Å². The molecule has 1 saturated heterocycles. The van der Waals surface area contributed by atoms with Gasteiger partial charge in [-0.2, -0.15) is 13.2 Å². The average molecular weight is 237 g/mol. The number of likely N-dealkylation sites (tertiary alicyclic amines) is 1. The Morgan fingerprint density at radius 2 is 1.88 bits per heavy atom. The number of hydrogen-bond donors (Lipinski definition) is 0. The highest BCUT2D eigenvalue weighted by atomic mass is 19.4. The van der Waals surface area contributed by atoms with Gasteiger partial charge in [0.05, 0.1) is 12.0 Å². The third-order valence-corrected chi connectivity index (χ3v) is 2.90. The number of alkyl halides is 3. The summed E-state index contributed by atoms with van der Waals surface area (Å²) in [5.41, 5.74) is -0.662. The highest BCUT2D eigenvalue weighted by Crippen LogP contribution is 2.59. The van der Waals surface area contributed by atoms with Crippen molar-refractivity contribution in [1.82, 2.24) is 4.90 Å². The Labute approximate surface area is 91.5 Å². The predicted octanol–water partition coefficient (Wildman–Crippen LogP) is 2.41. The summed E-state index contributed by atoms with van der Waals surface area (Å²) in [6, 6.07) is -0.671. The van der Waals surface area contributed by atoms with Crippen molar-refractivity contribution in [1.29, 1.82) is 0 Å². The standard InChI is InChI=1S/C10H14F3NO2/c1-9(2,3)16-8(15)14-4-5-6(7(5)14)10(11,12)13/h5-7H,4H2,1-3H3/t5-,6-,7-/m0/s1. The zero-order valence-electron chi connectivity index (χ0n) is 9.34. The molecule has 2 aliphatic rings. The van der Waals surface area contributed by atoms with E-state index in [1.165, 1.54) is 4.90 Å². The molecule has 1 aliphatic carbocycles. The lowest BCUT2D eigenvalue weighted by molar-refractivity contribution is -0.150. The quantitative estimate of drug-likeness (QED) is 0.647. The monoisotopic (exact) mass is 237 g/mol. The predicted molar refractivity (Wildman–Crippen MR) is 49.8 cm³/mol. The molecule has 1 saturated carbocycles. The van der Waals surface area contributed by atoms with Crippen LogP contribution in [0.15, 0.2) is 0 Å². The van der Waals surface area contributed by atoms with Crippen LogP contribution < -0.4 is 0 Å². The minimum atomic E-state index is -4.19. The lowest BCUT2D eigenvalue weighted by Gasteiger charge is -2.32. The maximum absolute atomic E-state index is 12.4. The summed E-state index contributed by atoms with van der Waals surface area (Å²) in [5.74, 6) is -1.73. The summed E-state index contributed by atoms with van der Waals surface area (Å²) in [4.78, 5) is 12.7. The van der Waals surface area contributed by atoms with Gasteiger partial charge in [0.25, 0.3) is 0 Å². The number of hydrogen-bond acceptors (Lipinski definition) is 2. The van der Waals surface area contributed by atoms with Crippen molar-refractivity contribution < 1.29 is 22.7 Å². The number of halogens is 3. The lowest BCUT2D eigenvalue weighted by Crippen LogP contribution is -2.46. The van der Waals surface area contributed by atoms with Crippen molar-refractivity contribution in [2.75, 3.05) is 6.54 Å². The molecule has 2 fully saturated rings. The lowest BCUT2D eigenvalue weighted by atomic mass is 10.2. The maximum atomic E-state index is 12.4. The molecule has 0 bridgehead atoms. The van der Waals surface area contributed by atoms with Crippen LogP contribution >= 0.6 is 0 Å². The smallest absolute Gasteiger partial charge is 0.410 e. The average Bonchev–Trinajstić information content (AvgIpc) is 2.49. The van der Waals surface area contributed by atoms with Crippen molar-refractivity contribution in [3.05, 3.63) is 0 Å². The molecule has 1 heterocycles. The van der Waals surface area contributed by atoms with E-state index in [2.05, 4.69) is 0 Å². The Hall–Kier alpha value is -0.940. The maximum Gasteiger partial charge on any atom is 0.410 e. The second kappa shape index (κ2) is 3.05. The molecule has 6 heteroatoms. The second-order valence-electron chi connectivity index (χ2n) is 5.35. The Kier molecular flexibility index (Phi) is 2.20. The van der Waals surface area contributed by atoms with Crippen molar-refractivity contribution in [2.45, 2.75) is 38.6 Å². The molecule has 3 nitrogen and oxygen atoms in total. The number of carbonyl (C=O) groups is 1. The fourth-order valence-corrected chi connectivity index (χ4v) is 2.17. The summed E-state index contributed by atoms with van der Waals surface area (Å²) in [7, 11) is 0. The van der Waals surface area contributed by atoms with Crippen LogP contribution in [0.25, 0.3) is 0 Å². The van der Waals surface area contributed by atoms with Gasteiger partial charge in [0.2, 0.25) is 0 Å². The third-order valence-electron chi connectivity index (χ3n) is 2.90. The van der Waals surface area contributed by atoms with E-state index in [0.717, 1.165) is 0 Å². The van der Waals surface area contributed by atoms with E-state index in [1.54, 1.807) is 20.8 Å². The van der Waals surface area contributed by atoms with E-state index in [4.69, 9.17) is 4.74 Å². The van der Waals surface area contributed by atoms with Crippen LogP contribution in [0.2, 0.25) is 0 Å². The highest BCUT2D eigenvalue weighted by molar-refractivity contribution is 5.71. The van der Waals surface area contributed by atoms with Crippen molar-refractivity contribution in [2.24, 2.45) is 11.8 Å². The van der Waals surface area contributed by atoms with E-state index in [9.17, 15) is 18.0 Å². The first kappa shape index (κ1) is 11.5.